The molecule has 0 N–H and O–H groups in total. The minimum Gasteiger partial charge on any atom is -0.198 e. The average molecular weight is 445 g/mol. The number of aryl methyl sites for hydroxylation is 1. The third kappa shape index (κ3) is 5.02. The first-order valence-corrected chi connectivity index (χ1v) is 11.6. The van der Waals surface area contributed by atoms with Gasteiger partial charge < -0.3 is 0 Å². The summed E-state index contributed by atoms with van der Waals surface area (Å²) in [7, 11) is 0. The highest BCUT2D eigenvalue weighted by Gasteiger charge is 2.30. The molecule has 0 unspecified atom stereocenters. The number of benzene rings is 3. The van der Waals surface area contributed by atoms with Gasteiger partial charge in [-0.25, -0.2) is 0 Å². The van der Waals surface area contributed by atoms with Crippen LogP contribution in [0.4, 0.5) is 0 Å². The molecule has 0 spiro atoms. The molecule has 29 heavy (non-hydrogen) atoms. The largest absolute Gasteiger partial charge is 0.198 e. The molecule has 0 aromatic heterocycles. The van der Waals surface area contributed by atoms with Crippen LogP contribution in [-0.2, 0) is 0 Å². The van der Waals surface area contributed by atoms with Gasteiger partial charge in [-0.2, -0.15) is 22.7 Å². The minimum atomic E-state index is -1.25. The number of unbranched alkanes of at least 4 members (excludes halogenated alkanes) is 3. The molecule has 3 aromatic rings. The van der Waals surface area contributed by atoms with E-state index in [4.69, 9.17) is 34.8 Å². The summed E-state index contributed by atoms with van der Waals surface area (Å²) in [4.78, 5) is 0. The monoisotopic (exact) mass is 443 g/mol. The van der Waals surface area contributed by atoms with Gasteiger partial charge in [-0.3, -0.25) is 0 Å². The van der Waals surface area contributed by atoms with Crippen LogP contribution in [0.25, 0.3) is 0 Å². The lowest BCUT2D eigenvalue weighted by Crippen LogP contribution is -2.67. The van der Waals surface area contributed by atoms with Gasteiger partial charge in [-0.1, -0.05) is 122 Å². The zero-order valence-corrected chi connectivity index (χ0v) is 19.4. The van der Waals surface area contributed by atoms with Gasteiger partial charge in [0, 0.05) is 15.1 Å². The van der Waals surface area contributed by atoms with Gasteiger partial charge in [0.2, 0.25) is 0 Å². The molecule has 3 aromatic carbocycles. The van der Waals surface area contributed by atoms with Crippen LogP contribution in [0.1, 0.15) is 38.2 Å². The van der Waals surface area contributed by atoms with E-state index in [2.05, 4.69) is 49.4 Å². The van der Waals surface area contributed by atoms with Crippen LogP contribution in [0.5, 0.6) is 0 Å². The molecule has 0 aliphatic carbocycles. The fraction of sp³-hybridized carbons (Fsp3) is 0.280. The van der Waals surface area contributed by atoms with E-state index in [0.29, 0.717) is 0 Å². The van der Waals surface area contributed by atoms with Crippen molar-refractivity contribution in [3.05, 3.63) is 87.4 Å². The number of halogens is 3. The molecule has 3 rings (SSSR count). The van der Waals surface area contributed by atoms with E-state index < -0.39 is 6.15 Å². The maximum Gasteiger partial charge on any atom is 0.0816 e. The molecule has 0 aliphatic rings. The predicted octanol–water partition coefficient (Wildman–Crippen LogP) is 7.01. The molecule has 0 aliphatic heterocycles. The standard InChI is InChI=1S/C25H27BCl3/c1-3-4-5-6-15-26(20-9-7-11-23(27)16-20,21-10-8-12-24(28)17-21)22-14-13-19(2)25(29)18-22/h7-14,16-18H,3-6,15H2,1-2H3/q-1. The quantitative estimate of drug-likeness (QED) is 0.259. The number of hydrogen-bond acceptors (Lipinski definition) is 0. The lowest BCUT2D eigenvalue weighted by atomic mass is 9.14. The van der Waals surface area contributed by atoms with Crippen LogP contribution in [0, 0.1) is 6.92 Å². The zero-order chi connectivity index (χ0) is 20.9. The van der Waals surface area contributed by atoms with Crippen molar-refractivity contribution in [2.24, 2.45) is 0 Å². The van der Waals surface area contributed by atoms with Crippen molar-refractivity contribution >= 4 is 57.3 Å². The van der Waals surface area contributed by atoms with E-state index in [-0.39, 0.29) is 0 Å². The van der Waals surface area contributed by atoms with E-state index in [1.807, 2.05) is 31.2 Å². The Morgan fingerprint density at radius 1 is 0.690 bits per heavy atom. The molecule has 0 heterocycles. The highest BCUT2D eigenvalue weighted by Crippen LogP contribution is 2.23. The van der Waals surface area contributed by atoms with Crippen molar-refractivity contribution in [1.29, 1.82) is 0 Å². The first-order chi connectivity index (χ1) is 14.0. The Morgan fingerprint density at radius 3 is 1.79 bits per heavy atom. The second-order valence-electron chi connectivity index (χ2n) is 8.01. The Bertz CT molecular complexity index is 922. The SMILES string of the molecule is CCCCCC[B-](c1cccc(Cl)c1)(c1cccc(Cl)c1)c1ccc(C)c(Cl)c1. The van der Waals surface area contributed by atoms with Crippen LogP contribution in [0.15, 0.2) is 66.7 Å². The van der Waals surface area contributed by atoms with Crippen molar-refractivity contribution in [1.82, 2.24) is 0 Å². The summed E-state index contributed by atoms with van der Waals surface area (Å²) >= 11 is 19.5. The van der Waals surface area contributed by atoms with Gasteiger partial charge in [0.05, 0.1) is 6.15 Å². The van der Waals surface area contributed by atoms with E-state index >= 15 is 0 Å². The summed E-state index contributed by atoms with van der Waals surface area (Å²) in [6, 6.07) is 23.0. The first kappa shape index (κ1) is 22.3. The van der Waals surface area contributed by atoms with Gasteiger partial charge in [0.15, 0.2) is 0 Å². The Hall–Kier alpha value is -1.41. The lowest BCUT2D eigenvalue weighted by Gasteiger charge is -2.44. The summed E-state index contributed by atoms with van der Waals surface area (Å²) in [5, 5.41) is 2.30. The molecule has 4 heteroatoms. The molecular formula is C25H27BCl3-. The van der Waals surface area contributed by atoms with Crippen LogP contribution in [0.2, 0.25) is 21.4 Å². The maximum absolute atomic E-state index is 6.60. The van der Waals surface area contributed by atoms with Gasteiger partial charge in [0.25, 0.3) is 0 Å². The van der Waals surface area contributed by atoms with E-state index in [0.717, 1.165) is 33.4 Å². The minimum absolute atomic E-state index is 0.752. The number of rotatable bonds is 8. The second kappa shape index (κ2) is 10.1. The van der Waals surface area contributed by atoms with Gasteiger partial charge in [-0.15, -0.1) is 0 Å². The van der Waals surface area contributed by atoms with Crippen LogP contribution in [0.3, 0.4) is 0 Å². The first-order valence-electron chi connectivity index (χ1n) is 10.4. The van der Waals surface area contributed by atoms with Crippen molar-refractivity contribution < 1.29 is 0 Å². The Labute approximate surface area is 190 Å². The Morgan fingerprint density at radius 2 is 1.28 bits per heavy atom. The fourth-order valence-corrected chi connectivity index (χ4v) is 5.08. The highest BCUT2D eigenvalue weighted by atomic mass is 35.5. The Balaban J connectivity index is 2.26. The summed E-state index contributed by atoms with van der Waals surface area (Å²) in [6.07, 6.45) is 4.58. The molecule has 0 amide bonds. The molecular weight excluding hydrogens is 417 g/mol. The molecule has 0 saturated heterocycles. The fourth-order valence-electron chi connectivity index (χ4n) is 4.50. The summed E-state index contributed by atoms with van der Waals surface area (Å²) < 4.78 is 0. The third-order valence-corrected chi connectivity index (χ3v) is 6.97. The van der Waals surface area contributed by atoms with Crippen molar-refractivity contribution in [3.63, 3.8) is 0 Å². The molecule has 0 fully saturated rings. The maximum atomic E-state index is 6.60. The third-order valence-electron chi connectivity index (χ3n) is 6.09. The lowest BCUT2D eigenvalue weighted by molar-refractivity contribution is 0.698. The van der Waals surface area contributed by atoms with Crippen LogP contribution < -0.4 is 16.4 Å². The summed E-state index contributed by atoms with van der Waals surface area (Å²) in [6.45, 7) is 4.28. The second-order valence-corrected chi connectivity index (χ2v) is 9.29. The molecule has 0 bridgehead atoms. The van der Waals surface area contributed by atoms with Crippen molar-refractivity contribution in [2.75, 3.05) is 0 Å². The Kier molecular flexibility index (Phi) is 7.74. The molecule has 0 nitrogen and oxygen atoms in total. The molecule has 152 valence electrons. The highest BCUT2D eigenvalue weighted by molar-refractivity contribution is 7.11. The number of hydrogen-bond donors (Lipinski definition) is 0. The van der Waals surface area contributed by atoms with Crippen LogP contribution in [-0.4, -0.2) is 6.15 Å². The van der Waals surface area contributed by atoms with Gasteiger partial charge >= 0.3 is 0 Å². The van der Waals surface area contributed by atoms with E-state index in [9.17, 15) is 0 Å². The summed E-state index contributed by atoms with van der Waals surface area (Å²) in [5.74, 6) is 0. The van der Waals surface area contributed by atoms with Gasteiger partial charge in [-0.05, 0) is 24.6 Å². The van der Waals surface area contributed by atoms with Crippen LogP contribution >= 0.6 is 34.8 Å². The van der Waals surface area contributed by atoms with Gasteiger partial charge in [0.1, 0.15) is 0 Å². The zero-order valence-electron chi connectivity index (χ0n) is 17.1. The predicted molar refractivity (Wildman–Crippen MR) is 133 cm³/mol. The smallest absolute Gasteiger partial charge is 0.0816 e. The summed E-state index contributed by atoms with van der Waals surface area (Å²) in [5.41, 5.74) is 4.79. The average Bonchev–Trinajstić information content (AvgIpc) is 2.70. The normalized spacial score (nSPS) is 11.6. The molecule has 0 atom stereocenters. The molecule has 0 saturated carbocycles. The van der Waals surface area contributed by atoms with Crippen molar-refractivity contribution in [3.8, 4) is 0 Å². The molecule has 0 radical (unpaired) electrons. The van der Waals surface area contributed by atoms with Crippen molar-refractivity contribution in [2.45, 2.75) is 45.9 Å². The van der Waals surface area contributed by atoms with E-state index in [1.54, 1.807) is 0 Å². The topological polar surface area (TPSA) is 0 Å². The van der Waals surface area contributed by atoms with E-state index in [1.165, 1.54) is 35.7 Å².